The monoisotopic (exact) mass is 904 g/mol. The number of phenolic OH excluding ortho intramolecular Hbond substituents is 1. The first-order chi connectivity index (χ1) is 30.1. The molecule has 1 fully saturated rings. The van der Waals surface area contributed by atoms with Crippen LogP contribution in [0.1, 0.15) is 43.2 Å². The summed E-state index contributed by atoms with van der Waals surface area (Å²) >= 11 is 0. The van der Waals surface area contributed by atoms with Gasteiger partial charge in [0.25, 0.3) is 5.91 Å². The average molecular weight is 905 g/mol. The van der Waals surface area contributed by atoms with E-state index in [-0.39, 0.29) is 101 Å². The largest absolute Gasteiger partial charge is 0.508 e. The molecule has 63 heavy (non-hydrogen) atoms. The van der Waals surface area contributed by atoms with Crippen molar-refractivity contribution in [3.63, 3.8) is 0 Å². The van der Waals surface area contributed by atoms with Crippen molar-refractivity contribution in [1.82, 2.24) is 25.7 Å². The summed E-state index contributed by atoms with van der Waals surface area (Å²) in [5, 5.41) is 26.5. The number of benzene rings is 3. The van der Waals surface area contributed by atoms with Gasteiger partial charge in [-0.25, -0.2) is 27.9 Å². The standard InChI is InChI=1S/C41H53FN6O14S/c1-28-26-29(4-13-35(28)49)27-34(37(43)51)46-40(54)62-39(53)45-18-21-59-23-25-60-24-22-58-20-17-44-36(50)14-19-48(41(38(52)47-55)15-2-3-16-41)63(56,57)33-11-9-32(10-12-33)61-31-7-5-30(42)6-8-31/h4-13,26,34,49,55H,2-3,14-25,27H2,1H3,(H2,43,51)(H,44,50)(H,45,53)(H,46,54)(H,47,52). The molecule has 5 amide bonds. The molecule has 20 nitrogen and oxygen atoms in total. The van der Waals surface area contributed by atoms with Gasteiger partial charge in [0.05, 0.1) is 44.5 Å². The number of aryl methyl sites for hydroxylation is 1. The van der Waals surface area contributed by atoms with Crippen molar-refractivity contribution in [2.24, 2.45) is 5.73 Å². The number of nitrogens with zero attached hydrogens (tertiary/aromatic N) is 1. The molecule has 0 bridgehead atoms. The van der Waals surface area contributed by atoms with E-state index in [0.717, 1.165) is 4.31 Å². The summed E-state index contributed by atoms with van der Waals surface area (Å²) in [6.45, 7) is 2.39. The normalized spacial score (nSPS) is 13.8. The van der Waals surface area contributed by atoms with Gasteiger partial charge in [-0.05, 0) is 85.5 Å². The highest BCUT2D eigenvalue weighted by atomic mass is 32.2. The number of hydrogen-bond donors (Lipinski definition) is 7. The number of hydrogen-bond acceptors (Lipinski definition) is 14. The topological polar surface area (TPSA) is 283 Å². The zero-order chi connectivity index (χ0) is 45.8. The van der Waals surface area contributed by atoms with E-state index >= 15 is 0 Å². The maximum absolute atomic E-state index is 14.1. The number of ether oxygens (including phenoxy) is 5. The number of nitrogens with two attached hydrogens (primary N) is 1. The molecule has 0 aromatic heterocycles. The molecule has 3 aromatic rings. The molecule has 1 unspecified atom stereocenters. The summed E-state index contributed by atoms with van der Waals surface area (Å²) in [5.41, 5.74) is 6.55. The van der Waals surface area contributed by atoms with Crippen LogP contribution in [0.2, 0.25) is 0 Å². The number of aromatic hydroxyl groups is 1. The number of alkyl carbamates (subject to hydrolysis) is 2. The van der Waals surface area contributed by atoms with Crippen LogP contribution < -0.4 is 31.9 Å². The van der Waals surface area contributed by atoms with Gasteiger partial charge in [-0.1, -0.05) is 25.0 Å². The third-order valence-corrected chi connectivity index (χ3v) is 11.8. The summed E-state index contributed by atoms with van der Waals surface area (Å²) in [6, 6.07) is 14.2. The number of primary amides is 1. The zero-order valence-corrected chi connectivity index (χ0v) is 35.5. The number of carbonyl (C=O) groups excluding carboxylic acids is 5. The lowest BCUT2D eigenvalue weighted by molar-refractivity contribution is -0.139. The van der Waals surface area contributed by atoms with Gasteiger partial charge in [0.1, 0.15) is 34.6 Å². The van der Waals surface area contributed by atoms with Crippen LogP contribution in [0.4, 0.5) is 14.0 Å². The van der Waals surface area contributed by atoms with E-state index in [1.807, 2.05) is 0 Å². The third-order valence-electron chi connectivity index (χ3n) is 9.79. The Morgan fingerprint density at radius 2 is 1.40 bits per heavy atom. The van der Waals surface area contributed by atoms with Crippen LogP contribution in [-0.4, -0.2) is 124 Å². The van der Waals surface area contributed by atoms with Gasteiger partial charge in [0.15, 0.2) is 0 Å². The van der Waals surface area contributed by atoms with E-state index in [9.17, 15) is 47.1 Å². The van der Waals surface area contributed by atoms with E-state index in [2.05, 4.69) is 20.7 Å². The van der Waals surface area contributed by atoms with E-state index in [1.54, 1.807) is 24.5 Å². The van der Waals surface area contributed by atoms with Crippen LogP contribution in [-0.2, 0) is 49.8 Å². The van der Waals surface area contributed by atoms with E-state index in [4.69, 9.17) is 24.7 Å². The van der Waals surface area contributed by atoms with Crippen LogP contribution >= 0.6 is 0 Å². The first-order valence-corrected chi connectivity index (χ1v) is 21.4. The van der Waals surface area contributed by atoms with Crippen molar-refractivity contribution in [3.8, 4) is 17.2 Å². The molecule has 0 saturated heterocycles. The van der Waals surface area contributed by atoms with Crippen molar-refractivity contribution >= 4 is 39.9 Å². The van der Waals surface area contributed by atoms with Gasteiger partial charge < -0.3 is 50.5 Å². The zero-order valence-electron chi connectivity index (χ0n) is 34.6. The van der Waals surface area contributed by atoms with Gasteiger partial charge in [0, 0.05) is 32.5 Å². The lowest BCUT2D eigenvalue weighted by Gasteiger charge is -2.38. The Hall–Kier alpha value is -5.91. The maximum Gasteiger partial charge on any atom is 0.416 e. The fraction of sp³-hybridized carbons (Fsp3) is 0.439. The van der Waals surface area contributed by atoms with Gasteiger partial charge >= 0.3 is 12.2 Å². The quantitative estimate of drug-likeness (QED) is 0.0279. The minimum Gasteiger partial charge on any atom is -0.508 e. The van der Waals surface area contributed by atoms with Crippen LogP contribution in [0.5, 0.6) is 17.2 Å². The number of phenols is 1. The van der Waals surface area contributed by atoms with Crippen LogP contribution in [0.15, 0.2) is 71.6 Å². The maximum atomic E-state index is 14.1. The van der Waals surface area contributed by atoms with E-state index in [0.29, 0.717) is 29.7 Å². The first kappa shape index (κ1) is 49.7. The molecule has 1 saturated carbocycles. The Balaban J connectivity index is 1.09. The van der Waals surface area contributed by atoms with Crippen molar-refractivity contribution in [2.75, 3.05) is 59.3 Å². The van der Waals surface area contributed by atoms with Gasteiger partial charge in [0.2, 0.25) is 21.8 Å². The Kier molecular flexibility index (Phi) is 19.5. The summed E-state index contributed by atoms with van der Waals surface area (Å²) < 4.78 is 68.9. The molecule has 1 aliphatic carbocycles. The SMILES string of the molecule is Cc1cc(CC(NC(=O)OC(=O)NCCOCCOCCOCCNC(=O)CCN(C2(C(=O)NO)CCCC2)S(=O)(=O)c2ccc(Oc3ccc(F)cc3)cc2)C(N)=O)ccc1O. The molecular formula is C41H53FN6O14S. The molecular weight excluding hydrogens is 852 g/mol. The van der Waals surface area contributed by atoms with E-state index in [1.165, 1.54) is 54.6 Å². The lowest BCUT2D eigenvalue weighted by Crippen LogP contribution is -2.59. The molecule has 0 heterocycles. The van der Waals surface area contributed by atoms with E-state index < -0.39 is 57.3 Å². The summed E-state index contributed by atoms with van der Waals surface area (Å²) in [6.07, 6.45) is -1.20. The molecule has 1 aliphatic rings. The number of amides is 5. The van der Waals surface area contributed by atoms with Crippen LogP contribution in [0.25, 0.3) is 0 Å². The molecule has 344 valence electrons. The average Bonchev–Trinajstić information content (AvgIpc) is 3.75. The van der Waals surface area contributed by atoms with Gasteiger partial charge in [-0.15, -0.1) is 0 Å². The summed E-state index contributed by atoms with van der Waals surface area (Å²) in [5.74, 6) is -1.98. The Labute approximate surface area is 363 Å². The second kappa shape index (κ2) is 24.7. The third kappa shape index (κ3) is 15.4. The van der Waals surface area contributed by atoms with Gasteiger partial charge in [-0.2, -0.15) is 4.31 Å². The molecule has 0 radical (unpaired) electrons. The van der Waals surface area contributed by atoms with Crippen LogP contribution in [0.3, 0.4) is 0 Å². The highest BCUT2D eigenvalue weighted by Gasteiger charge is 2.51. The Bertz CT molecular complexity index is 2110. The second-order valence-corrected chi connectivity index (χ2v) is 16.1. The number of hydroxylamine groups is 1. The van der Waals surface area contributed by atoms with Gasteiger partial charge in [-0.3, -0.25) is 19.6 Å². The first-order valence-electron chi connectivity index (χ1n) is 20.0. The molecule has 4 rings (SSSR count). The Morgan fingerprint density at radius 1 is 0.825 bits per heavy atom. The predicted octanol–water partition coefficient (Wildman–Crippen LogP) is 2.53. The molecule has 0 aliphatic heterocycles. The fourth-order valence-electron chi connectivity index (χ4n) is 6.58. The minimum atomic E-state index is -4.38. The predicted molar refractivity (Wildman–Crippen MR) is 221 cm³/mol. The lowest BCUT2D eigenvalue weighted by atomic mass is 9.96. The van der Waals surface area contributed by atoms with Crippen molar-refractivity contribution in [3.05, 3.63) is 83.7 Å². The number of rotatable bonds is 25. The van der Waals surface area contributed by atoms with Crippen LogP contribution in [0, 0.1) is 12.7 Å². The molecule has 22 heteroatoms. The minimum absolute atomic E-state index is 0.00436. The van der Waals surface area contributed by atoms with Crippen molar-refractivity contribution in [1.29, 1.82) is 0 Å². The van der Waals surface area contributed by atoms with Crippen molar-refractivity contribution < 1.29 is 70.8 Å². The number of nitrogens with one attached hydrogen (secondary N) is 4. The summed E-state index contributed by atoms with van der Waals surface area (Å²) in [4.78, 5) is 61.6. The number of carbonyl (C=O) groups is 5. The highest BCUT2D eigenvalue weighted by molar-refractivity contribution is 7.89. The number of halogens is 1. The number of sulfonamides is 1. The molecule has 8 N–H and O–H groups in total. The smallest absolute Gasteiger partial charge is 0.416 e. The fourth-order valence-corrected chi connectivity index (χ4v) is 8.37. The highest BCUT2D eigenvalue weighted by Crippen LogP contribution is 2.39. The summed E-state index contributed by atoms with van der Waals surface area (Å²) in [7, 11) is -4.38. The molecule has 1 atom stereocenters. The van der Waals surface area contributed by atoms with Crippen molar-refractivity contribution in [2.45, 2.75) is 61.9 Å². The molecule has 0 spiro atoms. The molecule has 3 aromatic carbocycles. The Morgan fingerprint density at radius 3 is 1.97 bits per heavy atom. The second-order valence-electron chi connectivity index (χ2n) is 14.2.